The standard InChI is InChI=1S/C18H25F5N4S/c1-2-6-25-17(14-9-13(28-16(14)24)10-18(21,22)23)27-7-3-4-12(5-8-27)26-11-15(19)20/h2,6,9,12,15,26H,3-5,7-8,10-11,24H2,1H3/b6-2-,25-17+/t12-/m1/s1. The average molecular weight is 424 g/mol. The van der Waals surface area contributed by atoms with Crippen LogP contribution < -0.4 is 11.1 Å². The Kier molecular flexibility index (Phi) is 8.23. The summed E-state index contributed by atoms with van der Waals surface area (Å²) >= 11 is 0.915. The van der Waals surface area contributed by atoms with E-state index < -0.39 is 19.0 Å². The minimum absolute atomic E-state index is 0.0254. The first kappa shape index (κ1) is 22.6. The number of nitrogens with one attached hydrogen (secondary N) is 1. The van der Waals surface area contributed by atoms with E-state index >= 15 is 0 Å². The highest BCUT2D eigenvalue weighted by Gasteiger charge is 2.30. The lowest BCUT2D eigenvalue weighted by Crippen LogP contribution is -2.36. The maximum Gasteiger partial charge on any atom is 0.393 e. The van der Waals surface area contributed by atoms with Crippen LogP contribution in [0.5, 0.6) is 0 Å². The van der Waals surface area contributed by atoms with Crippen molar-refractivity contribution in [3.8, 4) is 0 Å². The molecule has 28 heavy (non-hydrogen) atoms. The fraction of sp³-hybridized carbons (Fsp3) is 0.611. The first-order chi connectivity index (χ1) is 13.2. The van der Waals surface area contributed by atoms with Crippen molar-refractivity contribution in [1.82, 2.24) is 10.2 Å². The van der Waals surface area contributed by atoms with Crippen LogP contribution in [0.15, 0.2) is 23.3 Å². The topological polar surface area (TPSA) is 53.6 Å². The number of hydrogen-bond acceptors (Lipinski definition) is 4. The van der Waals surface area contributed by atoms with Gasteiger partial charge in [-0.15, -0.1) is 11.3 Å². The van der Waals surface area contributed by atoms with Crippen LogP contribution in [0.2, 0.25) is 0 Å². The van der Waals surface area contributed by atoms with E-state index in [-0.39, 0.29) is 17.5 Å². The Morgan fingerprint density at radius 3 is 2.79 bits per heavy atom. The summed E-state index contributed by atoms with van der Waals surface area (Å²) < 4.78 is 63.0. The first-order valence-electron chi connectivity index (χ1n) is 9.10. The Bertz CT molecular complexity index is 684. The van der Waals surface area contributed by atoms with Gasteiger partial charge in [0.05, 0.1) is 23.5 Å². The van der Waals surface area contributed by atoms with Crippen LogP contribution in [0.25, 0.3) is 0 Å². The summed E-state index contributed by atoms with van der Waals surface area (Å²) in [6.45, 7) is 2.64. The Balaban J connectivity index is 2.18. The van der Waals surface area contributed by atoms with E-state index in [0.29, 0.717) is 35.9 Å². The molecular weight excluding hydrogens is 399 g/mol. The van der Waals surface area contributed by atoms with Crippen LogP contribution in [0.1, 0.15) is 36.6 Å². The minimum atomic E-state index is -4.30. The van der Waals surface area contributed by atoms with Crippen LogP contribution in [0.3, 0.4) is 0 Å². The van der Waals surface area contributed by atoms with Crippen molar-refractivity contribution >= 4 is 22.2 Å². The summed E-state index contributed by atoms with van der Waals surface area (Å²) in [7, 11) is 0. The largest absolute Gasteiger partial charge is 0.393 e. The van der Waals surface area contributed by atoms with E-state index in [2.05, 4.69) is 10.3 Å². The van der Waals surface area contributed by atoms with Crippen LogP contribution in [0, 0.1) is 0 Å². The molecule has 1 aromatic heterocycles. The molecule has 2 rings (SSSR count). The highest BCUT2D eigenvalue weighted by Crippen LogP contribution is 2.32. The molecule has 1 aliphatic rings. The van der Waals surface area contributed by atoms with Gasteiger partial charge < -0.3 is 16.0 Å². The van der Waals surface area contributed by atoms with Gasteiger partial charge >= 0.3 is 6.18 Å². The Morgan fingerprint density at radius 1 is 1.39 bits per heavy atom. The predicted molar refractivity (Wildman–Crippen MR) is 103 cm³/mol. The SMILES string of the molecule is C/C=C\N=C(/c1cc(CC(F)(F)F)sc1N)N1CCC[C@@H](NCC(F)F)CC1. The monoisotopic (exact) mass is 424 g/mol. The molecule has 3 N–H and O–H groups in total. The van der Waals surface area contributed by atoms with Gasteiger partial charge in [0.15, 0.2) is 0 Å². The molecule has 1 atom stereocenters. The molecule has 4 nitrogen and oxygen atoms in total. The average Bonchev–Trinajstić information content (AvgIpc) is 2.80. The van der Waals surface area contributed by atoms with E-state index in [1.165, 1.54) is 6.07 Å². The molecular formula is C18H25F5N4S. The summed E-state index contributed by atoms with van der Waals surface area (Å²) in [6.07, 6.45) is -2.28. The summed E-state index contributed by atoms with van der Waals surface area (Å²) in [4.78, 5) is 6.53. The second kappa shape index (κ2) is 10.2. The lowest BCUT2D eigenvalue weighted by atomic mass is 10.1. The smallest absolute Gasteiger partial charge is 0.390 e. The van der Waals surface area contributed by atoms with Gasteiger partial charge in [0.2, 0.25) is 0 Å². The van der Waals surface area contributed by atoms with E-state index in [4.69, 9.17) is 5.73 Å². The Morgan fingerprint density at radius 2 is 2.14 bits per heavy atom. The third-order valence-electron chi connectivity index (χ3n) is 4.36. The number of allylic oxidation sites excluding steroid dienone is 1. The van der Waals surface area contributed by atoms with Gasteiger partial charge in [-0.3, -0.25) is 0 Å². The Labute approximate surface area is 165 Å². The van der Waals surface area contributed by atoms with Crippen LogP contribution in [0.4, 0.5) is 27.0 Å². The van der Waals surface area contributed by atoms with Crippen LogP contribution in [-0.4, -0.2) is 49.0 Å². The number of likely N-dealkylation sites (tertiary alicyclic amines) is 1. The van der Waals surface area contributed by atoms with Gasteiger partial charge in [0.1, 0.15) is 5.84 Å². The van der Waals surface area contributed by atoms with Crippen molar-refractivity contribution < 1.29 is 22.0 Å². The number of alkyl halides is 5. The number of nitrogens with two attached hydrogens (primary N) is 1. The lowest BCUT2D eigenvalue weighted by Gasteiger charge is -2.24. The van der Waals surface area contributed by atoms with Gasteiger partial charge in [-0.05, 0) is 32.3 Å². The lowest BCUT2D eigenvalue weighted by molar-refractivity contribution is -0.126. The normalized spacial score (nSPS) is 19.6. The molecule has 0 saturated carbocycles. The fourth-order valence-corrected chi connectivity index (χ4v) is 4.11. The third-order valence-corrected chi connectivity index (χ3v) is 5.33. The summed E-state index contributed by atoms with van der Waals surface area (Å²) in [6, 6.07) is 1.43. The van der Waals surface area contributed by atoms with Crippen molar-refractivity contribution in [3.63, 3.8) is 0 Å². The number of thiophene rings is 1. The zero-order valence-electron chi connectivity index (χ0n) is 15.6. The molecule has 1 saturated heterocycles. The highest BCUT2D eigenvalue weighted by molar-refractivity contribution is 7.16. The number of halogens is 5. The highest BCUT2D eigenvalue weighted by atomic mass is 32.1. The van der Waals surface area contributed by atoms with E-state index in [1.807, 2.05) is 4.90 Å². The van der Waals surface area contributed by atoms with Crippen molar-refractivity contribution in [2.24, 2.45) is 4.99 Å². The molecule has 1 aliphatic heterocycles. The van der Waals surface area contributed by atoms with Crippen molar-refractivity contribution in [2.75, 3.05) is 25.4 Å². The third kappa shape index (κ3) is 7.05. The molecule has 0 aromatic carbocycles. The second-order valence-corrected chi connectivity index (χ2v) is 7.80. The number of amidine groups is 1. The molecule has 0 aliphatic carbocycles. The van der Waals surface area contributed by atoms with E-state index in [1.54, 1.807) is 19.2 Å². The zero-order valence-corrected chi connectivity index (χ0v) is 16.4. The molecule has 0 radical (unpaired) electrons. The van der Waals surface area contributed by atoms with Crippen molar-refractivity contribution in [3.05, 3.63) is 28.8 Å². The van der Waals surface area contributed by atoms with Gasteiger partial charge in [0, 0.05) is 30.2 Å². The fourth-order valence-electron chi connectivity index (χ4n) is 3.15. The number of rotatable bonds is 6. The quantitative estimate of drug-likeness (QED) is 0.404. The molecule has 1 fully saturated rings. The second-order valence-electron chi connectivity index (χ2n) is 6.63. The first-order valence-corrected chi connectivity index (χ1v) is 9.92. The van der Waals surface area contributed by atoms with Crippen LogP contribution in [-0.2, 0) is 6.42 Å². The minimum Gasteiger partial charge on any atom is -0.390 e. The van der Waals surface area contributed by atoms with Gasteiger partial charge in [-0.1, -0.05) is 6.08 Å². The van der Waals surface area contributed by atoms with Crippen molar-refractivity contribution in [1.29, 1.82) is 0 Å². The number of nitrogen functional groups attached to an aromatic ring is 1. The summed E-state index contributed by atoms with van der Waals surface area (Å²) in [5.41, 5.74) is 6.50. The number of aliphatic imine (C=N–C) groups is 1. The maximum absolute atomic E-state index is 12.7. The summed E-state index contributed by atoms with van der Waals surface area (Å²) in [5, 5.41) is 3.16. The molecule has 0 unspecified atom stereocenters. The number of hydrogen-bond donors (Lipinski definition) is 2. The van der Waals surface area contributed by atoms with Gasteiger partial charge in [-0.2, -0.15) is 13.2 Å². The molecule has 2 heterocycles. The molecule has 1 aromatic rings. The molecule has 0 bridgehead atoms. The van der Waals surface area contributed by atoms with Crippen molar-refractivity contribution in [2.45, 2.75) is 51.3 Å². The van der Waals surface area contributed by atoms with Gasteiger partial charge in [0.25, 0.3) is 6.43 Å². The maximum atomic E-state index is 12.7. The molecule has 0 amide bonds. The molecule has 158 valence electrons. The predicted octanol–water partition coefficient (Wildman–Crippen LogP) is 4.42. The summed E-state index contributed by atoms with van der Waals surface area (Å²) in [5.74, 6) is 0.523. The Hall–Kier alpha value is -1.68. The van der Waals surface area contributed by atoms with E-state index in [9.17, 15) is 22.0 Å². The zero-order chi connectivity index (χ0) is 20.7. The van der Waals surface area contributed by atoms with Crippen LogP contribution >= 0.6 is 11.3 Å². The number of anilines is 1. The number of nitrogens with zero attached hydrogens (tertiary/aromatic N) is 2. The molecule has 10 heteroatoms. The van der Waals surface area contributed by atoms with E-state index in [0.717, 1.165) is 24.2 Å². The molecule has 0 spiro atoms. The van der Waals surface area contributed by atoms with Gasteiger partial charge in [-0.25, -0.2) is 13.8 Å².